The third-order valence-electron chi connectivity index (χ3n) is 6.03. The third-order valence-corrected chi connectivity index (χ3v) is 6.03. The third kappa shape index (κ3) is 4.53. The average molecular weight is 386 g/mol. The number of nitrogens with two attached hydrogens (primary N) is 1. The van der Waals surface area contributed by atoms with E-state index in [2.05, 4.69) is 12.2 Å². The second-order valence-electron chi connectivity index (χ2n) is 8.62. The number of nitrogens with one attached hydrogen (secondary N) is 1. The molecule has 0 radical (unpaired) electrons. The lowest BCUT2D eigenvalue weighted by Crippen LogP contribution is -2.45. The van der Waals surface area contributed by atoms with Gasteiger partial charge in [0.1, 0.15) is 12.4 Å². The van der Waals surface area contributed by atoms with E-state index in [-0.39, 0.29) is 29.9 Å². The van der Waals surface area contributed by atoms with Crippen LogP contribution in [-0.2, 0) is 6.61 Å². The van der Waals surface area contributed by atoms with E-state index in [4.69, 9.17) is 10.5 Å². The van der Waals surface area contributed by atoms with Crippen LogP contribution in [0.2, 0.25) is 0 Å². The van der Waals surface area contributed by atoms with E-state index in [0.29, 0.717) is 11.6 Å². The van der Waals surface area contributed by atoms with Crippen LogP contribution < -0.4 is 15.8 Å². The maximum absolute atomic E-state index is 14.5. The first kappa shape index (κ1) is 19.3. The van der Waals surface area contributed by atoms with Crippen molar-refractivity contribution >= 4 is 0 Å². The highest BCUT2D eigenvalue weighted by Gasteiger charge is 2.43. The predicted octanol–water partition coefficient (Wildman–Crippen LogP) is 4.65. The van der Waals surface area contributed by atoms with E-state index in [1.54, 1.807) is 0 Å². The molecule has 2 aromatic rings. The molecule has 5 heteroatoms. The highest BCUT2D eigenvalue weighted by atomic mass is 19.1. The van der Waals surface area contributed by atoms with Crippen LogP contribution in [0.3, 0.4) is 0 Å². The molecule has 2 aliphatic carbocycles. The maximum Gasteiger partial charge on any atom is 0.168 e. The summed E-state index contributed by atoms with van der Waals surface area (Å²) in [5, 5.41) is 3.66. The monoisotopic (exact) mass is 386 g/mol. The first-order valence-corrected chi connectivity index (χ1v) is 10.1. The molecule has 2 atom stereocenters. The lowest BCUT2D eigenvalue weighted by molar-refractivity contribution is 0.265. The van der Waals surface area contributed by atoms with E-state index < -0.39 is 11.6 Å². The van der Waals surface area contributed by atoms with Gasteiger partial charge in [0.15, 0.2) is 11.6 Å². The lowest BCUT2D eigenvalue weighted by Gasteiger charge is -2.34. The molecule has 0 saturated heterocycles. The Bertz CT molecular complexity index is 815. The van der Waals surface area contributed by atoms with Gasteiger partial charge < -0.3 is 15.8 Å². The summed E-state index contributed by atoms with van der Waals surface area (Å²) in [6.45, 7) is 2.37. The molecule has 0 amide bonds. The first-order chi connectivity index (χ1) is 13.4. The van der Waals surface area contributed by atoms with E-state index >= 15 is 0 Å². The fraction of sp³-hybridized carbons (Fsp3) is 0.478. The Balaban J connectivity index is 1.43. The Morgan fingerprint density at radius 2 is 1.86 bits per heavy atom. The van der Waals surface area contributed by atoms with Gasteiger partial charge >= 0.3 is 0 Å². The molecule has 0 spiro atoms. The minimum Gasteiger partial charge on any atom is -0.486 e. The molecule has 150 valence electrons. The molecule has 0 unspecified atom stereocenters. The van der Waals surface area contributed by atoms with Crippen LogP contribution in [0, 0.1) is 11.6 Å². The summed E-state index contributed by atoms with van der Waals surface area (Å²) in [6.07, 6.45) is 4.97. The molecule has 2 saturated carbocycles. The Labute approximate surface area is 165 Å². The maximum atomic E-state index is 14.5. The fourth-order valence-electron chi connectivity index (χ4n) is 4.21. The summed E-state index contributed by atoms with van der Waals surface area (Å²) < 4.78 is 34.2. The van der Waals surface area contributed by atoms with Crippen molar-refractivity contribution in [3.8, 4) is 5.75 Å². The molecule has 4 rings (SSSR count). The minimum absolute atomic E-state index is 0.0642. The molecular weight excluding hydrogens is 358 g/mol. The summed E-state index contributed by atoms with van der Waals surface area (Å²) in [4.78, 5) is 0. The zero-order valence-electron chi connectivity index (χ0n) is 16.3. The van der Waals surface area contributed by atoms with Gasteiger partial charge in [-0.3, -0.25) is 0 Å². The lowest BCUT2D eigenvalue weighted by atomic mass is 9.81. The van der Waals surface area contributed by atoms with Gasteiger partial charge in [-0.2, -0.15) is 0 Å². The molecule has 2 fully saturated rings. The Morgan fingerprint density at radius 3 is 2.57 bits per heavy atom. The summed E-state index contributed by atoms with van der Waals surface area (Å²) in [5.74, 6) is -0.921. The van der Waals surface area contributed by atoms with Crippen molar-refractivity contribution in [1.29, 1.82) is 0 Å². The summed E-state index contributed by atoms with van der Waals surface area (Å²) in [6, 6.07) is 12.6. The second-order valence-corrected chi connectivity index (χ2v) is 8.62. The van der Waals surface area contributed by atoms with E-state index in [1.165, 1.54) is 6.07 Å². The van der Waals surface area contributed by atoms with E-state index in [0.717, 1.165) is 43.7 Å². The van der Waals surface area contributed by atoms with Crippen LogP contribution in [0.4, 0.5) is 8.78 Å². The van der Waals surface area contributed by atoms with Crippen LogP contribution in [-0.4, -0.2) is 17.6 Å². The van der Waals surface area contributed by atoms with Crippen LogP contribution in [0.25, 0.3) is 0 Å². The smallest absolute Gasteiger partial charge is 0.168 e. The number of halogens is 2. The van der Waals surface area contributed by atoms with Gasteiger partial charge in [-0.1, -0.05) is 30.3 Å². The Hall–Kier alpha value is -1.98. The van der Waals surface area contributed by atoms with Crippen molar-refractivity contribution < 1.29 is 13.5 Å². The molecule has 3 N–H and O–H groups in total. The van der Waals surface area contributed by atoms with Gasteiger partial charge in [0, 0.05) is 35.2 Å². The molecule has 2 aliphatic rings. The van der Waals surface area contributed by atoms with Crippen molar-refractivity contribution in [3.63, 3.8) is 0 Å². The van der Waals surface area contributed by atoms with Crippen molar-refractivity contribution in [2.75, 3.05) is 0 Å². The van der Waals surface area contributed by atoms with Gasteiger partial charge in [0.25, 0.3) is 0 Å². The fourth-order valence-corrected chi connectivity index (χ4v) is 4.21. The van der Waals surface area contributed by atoms with Crippen molar-refractivity contribution in [2.45, 2.75) is 69.2 Å². The topological polar surface area (TPSA) is 47.3 Å². The number of ether oxygens (including phenoxy) is 1. The van der Waals surface area contributed by atoms with Crippen LogP contribution >= 0.6 is 0 Å². The van der Waals surface area contributed by atoms with Gasteiger partial charge in [-0.15, -0.1) is 0 Å². The predicted molar refractivity (Wildman–Crippen MR) is 106 cm³/mol. The first-order valence-electron chi connectivity index (χ1n) is 10.1. The normalized spacial score (nSPS) is 29.5. The standard InChI is InChI=1S/C23H28F2N2O/c1-23(26)9-7-17(8-10-23)27-21-13-18(21)19-11-16(24)12-20(25)22(19)28-14-15-5-3-2-4-6-15/h2-6,11-12,17-18,21,27H,7-10,13-14,26H2,1H3/t17?,18-,21+,23?/m0/s1. The Kier molecular flexibility index (Phi) is 5.39. The van der Waals surface area contributed by atoms with E-state index in [9.17, 15) is 8.78 Å². The molecule has 28 heavy (non-hydrogen) atoms. The molecule has 0 bridgehead atoms. The number of hydrogen-bond donors (Lipinski definition) is 2. The number of rotatable bonds is 6. The molecule has 0 aromatic heterocycles. The van der Waals surface area contributed by atoms with Crippen LogP contribution in [0.5, 0.6) is 5.75 Å². The number of benzene rings is 2. The zero-order chi connectivity index (χ0) is 19.7. The number of hydrogen-bond acceptors (Lipinski definition) is 3. The van der Waals surface area contributed by atoms with Crippen molar-refractivity contribution in [3.05, 3.63) is 65.2 Å². The zero-order valence-corrected chi connectivity index (χ0v) is 16.3. The molecule has 0 heterocycles. The summed E-state index contributed by atoms with van der Waals surface area (Å²) in [7, 11) is 0. The minimum atomic E-state index is -0.631. The van der Waals surface area contributed by atoms with Gasteiger partial charge in [0.2, 0.25) is 0 Å². The SMILES string of the molecule is CC1(N)CCC(N[C@@H]2C[C@H]2c2cc(F)cc(F)c2OCc2ccccc2)CC1. The Morgan fingerprint density at radius 1 is 1.14 bits per heavy atom. The van der Waals surface area contributed by atoms with Gasteiger partial charge in [-0.05, 0) is 50.7 Å². The highest BCUT2D eigenvalue weighted by Crippen LogP contribution is 2.47. The molecule has 3 nitrogen and oxygen atoms in total. The molecule has 2 aromatic carbocycles. The quantitative estimate of drug-likeness (QED) is 0.760. The van der Waals surface area contributed by atoms with Crippen LogP contribution in [0.1, 0.15) is 56.1 Å². The second kappa shape index (κ2) is 7.80. The average Bonchev–Trinajstić information content (AvgIpc) is 3.42. The van der Waals surface area contributed by atoms with Gasteiger partial charge in [-0.25, -0.2) is 8.78 Å². The molecule has 0 aliphatic heterocycles. The van der Waals surface area contributed by atoms with E-state index in [1.807, 2.05) is 30.3 Å². The van der Waals surface area contributed by atoms with Crippen LogP contribution in [0.15, 0.2) is 42.5 Å². The van der Waals surface area contributed by atoms with Gasteiger partial charge in [0.05, 0.1) is 0 Å². The highest BCUT2D eigenvalue weighted by molar-refractivity contribution is 5.42. The summed E-state index contributed by atoms with van der Waals surface area (Å²) in [5.41, 5.74) is 7.73. The molecular formula is C23H28F2N2O. The van der Waals surface area contributed by atoms with Crippen molar-refractivity contribution in [2.24, 2.45) is 5.73 Å². The largest absolute Gasteiger partial charge is 0.486 e. The summed E-state index contributed by atoms with van der Waals surface area (Å²) >= 11 is 0. The van der Waals surface area contributed by atoms with Crippen molar-refractivity contribution in [1.82, 2.24) is 5.32 Å².